The highest BCUT2D eigenvalue weighted by molar-refractivity contribution is 7.10. The number of carbonyl (C=O) groups excluding carboxylic acids is 2. The van der Waals surface area contributed by atoms with Crippen LogP contribution in [0, 0.1) is 6.92 Å². The Labute approximate surface area is 164 Å². The van der Waals surface area contributed by atoms with Crippen molar-refractivity contribution >= 4 is 28.8 Å². The van der Waals surface area contributed by atoms with Crippen LogP contribution in [0.4, 0.5) is 5.69 Å². The SMILES string of the molecule is COc1ccc(C)cc1NC(=O)C(=O)NCC1(c2cccs2)CCCCC1. The van der Waals surface area contributed by atoms with Crippen LogP contribution < -0.4 is 15.4 Å². The van der Waals surface area contributed by atoms with Crippen molar-refractivity contribution in [2.75, 3.05) is 19.0 Å². The third-order valence-corrected chi connectivity index (χ3v) is 6.37. The van der Waals surface area contributed by atoms with Gasteiger partial charge in [0.25, 0.3) is 0 Å². The van der Waals surface area contributed by atoms with E-state index in [0.29, 0.717) is 18.0 Å². The molecule has 1 aliphatic rings. The van der Waals surface area contributed by atoms with E-state index in [4.69, 9.17) is 4.74 Å². The van der Waals surface area contributed by atoms with Crippen LogP contribution in [0.3, 0.4) is 0 Å². The van der Waals surface area contributed by atoms with E-state index in [-0.39, 0.29) is 5.41 Å². The molecule has 0 aliphatic heterocycles. The lowest BCUT2D eigenvalue weighted by atomic mass is 9.73. The van der Waals surface area contributed by atoms with E-state index in [1.165, 1.54) is 18.4 Å². The Bertz CT molecular complexity index is 796. The molecule has 0 unspecified atom stereocenters. The number of nitrogens with one attached hydrogen (secondary N) is 2. The highest BCUT2D eigenvalue weighted by atomic mass is 32.1. The zero-order valence-electron chi connectivity index (χ0n) is 15.8. The van der Waals surface area contributed by atoms with Gasteiger partial charge in [-0.05, 0) is 48.9 Å². The summed E-state index contributed by atoms with van der Waals surface area (Å²) in [5.41, 5.74) is 1.43. The normalized spacial score (nSPS) is 15.8. The predicted octanol–water partition coefficient (Wildman–Crippen LogP) is 4.02. The van der Waals surface area contributed by atoms with E-state index in [9.17, 15) is 9.59 Å². The summed E-state index contributed by atoms with van der Waals surface area (Å²) in [6.45, 7) is 2.41. The van der Waals surface area contributed by atoms with Crippen molar-refractivity contribution in [3.63, 3.8) is 0 Å². The van der Waals surface area contributed by atoms with Crippen LogP contribution in [0.2, 0.25) is 0 Å². The monoisotopic (exact) mass is 386 g/mol. The summed E-state index contributed by atoms with van der Waals surface area (Å²) in [6.07, 6.45) is 5.62. The van der Waals surface area contributed by atoms with Gasteiger partial charge in [0.05, 0.1) is 12.8 Å². The van der Waals surface area contributed by atoms with Crippen molar-refractivity contribution in [1.29, 1.82) is 0 Å². The first-order chi connectivity index (χ1) is 13.0. The molecule has 3 rings (SSSR count). The molecular formula is C21H26N2O3S. The van der Waals surface area contributed by atoms with E-state index in [2.05, 4.69) is 28.1 Å². The van der Waals surface area contributed by atoms with Crippen LogP contribution in [0.5, 0.6) is 5.75 Å². The molecule has 2 amide bonds. The first-order valence-corrected chi connectivity index (χ1v) is 10.2. The molecule has 0 saturated heterocycles. The molecule has 2 aromatic rings. The third-order valence-electron chi connectivity index (χ3n) is 5.25. The molecule has 1 saturated carbocycles. The van der Waals surface area contributed by atoms with Gasteiger partial charge < -0.3 is 15.4 Å². The number of amides is 2. The van der Waals surface area contributed by atoms with Crippen LogP contribution in [-0.2, 0) is 15.0 Å². The van der Waals surface area contributed by atoms with Crippen molar-refractivity contribution in [3.8, 4) is 5.75 Å². The first-order valence-electron chi connectivity index (χ1n) is 9.32. The first kappa shape index (κ1) is 19.4. The van der Waals surface area contributed by atoms with Crippen LogP contribution in [-0.4, -0.2) is 25.5 Å². The Morgan fingerprint density at radius 3 is 2.59 bits per heavy atom. The van der Waals surface area contributed by atoms with Gasteiger partial charge >= 0.3 is 11.8 Å². The van der Waals surface area contributed by atoms with Gasteiger partial charge in [0.1, 0.15) is 5.75 Å². The molecule has 6 heteroatoms. The van der Waals surface area contributed by atoms with E-state index in [1.807, 2.05) is 13.0 Å². The van der Waals surface area contributed by atoms with Crippen LogP contribution in [0.1, 0.15) is 42.5 Å². The average molecular weight is 387 g/mol. The quantitative estimate of drug-likeness (QED) is 0.763. The molecule has 0 atom stereocenters. The number of anilines is 1. The molecular weight excluding hydrogens is 360 g/mol. The van der Waals surface area contributed by atoms with E-state index in [0.717, 1.165) is 31.2 Å². The van der Waals surface area contributed by atoms with Gasteiger partial charge in [-0.1, -0.05) is 31.4 Å². The number of hydrogen-bond donors (Lipinski definition) is 2. The van der Waals surface area contributed by atoms with E-state index < -0.39 is 11.8 Å². The van der Waals surface area contributed by atoms with Crippen molar-refractivity contribution in [2.24, 2.45) is 0 Å². The number of benzene rings is 1. The van der Waals surface area contributed by atoms with Crippen LogP contribution >= 0.6 is 11.3 Å². The number of thiophene rings is 1. The molecule has 0 bridgehead atoms. The molecule has 0 spiro atoms. The Morgan fingerprint density at radius 1 is 1.15 bits per heavy atom. The Balaban J connectivity index is 1.66. The molecule has 1 fully saturated rings. The zero-order chi connectivity index (χ0) is 19.3. The number of carbonyl (C=O) groups is 2. The van der Waals surface area contributed by atoms with Gasteiger partial charge in [0.15, 0.2) is 0 Å². The van der Waals surface area contributed by atoms with Crippen molar-refractivity contribution in [3.05, 3.63) is 46.2 Å². The molecule has 2 N–H and O–H groups in total. The van der Waals surface area contributed by atoms with E-state index >= 15 is 0 Å². The maximum atomic E-state index is 12.4. The highest BCUT2D eigenvalue weighted by Gasteiger charge is 2.35. The molecule has 144 valence electrons. The van der Waals surface area contributed by atoms with Gasteiger partial charge in [0.2, 0.25) is 0 Å². The average Bonchev–Trinajstić information content (AvgIpc) is 3.22. The fraction of sp³-hybridized carbons (Fsp3) is 0.429. The lowest BCUT2D eigenvalue weighted by molar-refractivity contribution is -0.136. The maximum Gasteiger partial charge on any atom is 0.313 e. The van der Waals surface area contributed by atoms with Crippen molar-refractivity contribution in [2.45, 2.75) is 44.4 Å². The minimum Gasteiger partial charge on any atom is -0.495 e. The minimum atomic E-state index is -0.670. The molecule has 27 heavy (non-hydrogen) atoms. The van der Waals surface area contributed by atoms with Gasteiger partial charge in [-0.25, -0.2) is 0 Å². The topological polar surface area (TPSA) is 67.4 Å². The molecule has 1 heterocycles. The fourth-order valence-electron chi connectivity index (χ4n) is 3.75. The van der Waals surface area contributed by atoms with Gasteiger partial charge in [-0.2, -0.15) is 0 Å². The lowest BCUT2D eigenvalue weighted by Crippen LogP contribution is -2.45. The Hall–Kier alpha value is -2.34. The second-order valence-corrected chi connectivity index (χ2v) is 8.11. The standard InChI is InChI=1S/C21H26N2O3S/c1-15-8-9-17(26-2)16(13-15)23-20(25)19(24)22-14-21(10-4-3-5-11-21)18-7-6-12-27-18/h6-9,12-13H,3-5,10-11,14H2,1-2H3,(H,22,24)(H,23,25). The smallest absolute Gasteiger partial charge is 0.313 e. The zero-order valence-corrected chi connectivity index (χ0v) is 16.7. The predicted molar refractivity (Wildman–Crippen MR) is 108 cm³/mol. The van der Waals surface area contributed by atoms with Gasteiger partial charge in [-0.3, -0.25) is 9.59 Å². The number of methoxy groups -OCH3 is 1. The van der Waals surface area contributed by atoms with E-state index in [1.54, 1.807) is 23.5 Å². The molecule has 5 nitrogen and oxygen atoms in total. The van der Waals surface area contributed by atoms with Crippen molar-refractivity contribution in [1.82, 2.24) is 5.32 Å². The van der Waals surface area contributed by atoms with Crippen LogP contribution in [0.15, 0.2) is 35.7 Å². The van der Waals surface area contributed by atoms with Gasteiger partial charge in [-0.15, -0.1) is 11.3 Å². The third kappa shape index (κ3) is 4.50. The number of rotatable bonds is 5. The van der Waals surface area contributed by atoms with Crippen molar-refractivity contribution < 1.29 is 14.3 Å². The largest absolute Gasteiger partial charge is 0.495 e. The Kier molecular flexibility index (Phi) is 6.16. The summed E-state index contributed by atoms with van der Waals surface area (Å²) >= 11 is 1.73. The summed E-state index contributed by atoms with van der Waals surface area (Å²) < 4.78 is 5.26. The fourth-order valence-corrected chi connectivity index (χ4v) is 4.73. The molecule has 1 aromatic heterocycles. The lowest BCUT2D eigenvalue weighted by Gasteiger charge is -2.36. The second kappa shape index (κ2) is 8.57. The summed E-state index contributed by atoms with van der Waals surface area (Å²) in [7, 11) is 1.54. The number of ether oxygens (including phenoxy) is 1. The Morgan fingerprint density at radius 2 is 1.93 bits per heavy atom. The summed E-state index contributed by atoms with van der Waals surface area (Å²) in [5.74, 6) is -0.750. The van der Waals surface area contributed by atoms with Gasteiger partial charge in [0, 0.05) is 16.8 Å². The maximum absolute atomic E-state index is 12.4. The number of aryl methyl sites for hydroxylation is 1. The summed E-state index contributed by atoms with van der Waals surface area (Å²) in [6, 6.07) is 9.64. The second-order valence-electron chi connectivity index (χ2n) is 7.16. The molecule has 0 radical (unpaired) electrons. The molecule has 1 aromatic carbocycles. The summed E-state index contributed by atoms with van der Waals surface area (Å²) in [5, 5.41) is 7.61. The molecule has 1 aliphatic carbocycles. The highest BCUT2D eigenvalue weighted by Crippen LogP contribution is 2.41. The summed E-state index contributed by atoms with van der Waals surface area (Å²) in [4.78, 5) is 26.1. The number of hydrogen-bond acceptors (Lipinski definition) is 4. The minimum absolute atomic E-state index is 0.0522. The van der Waals surface area contributed by atoms with Crippen LogP contribution in [0.25, 0.3) is 0 Å².